The largest absolute Gasteiger partial charge is 0.461 e. The molecule has 1 aromatic carbocycles. The summed E-state index contributed by atoms with van der Waals surface area (Å²) in [6, 6.07) is 8.16. The van der Waals surface area contributed by atoms with Gasteiger partial charge in [0.05, 0.1) is 12.3 Å². The summed E-state index contributed by atoms with van der Waals surface area (Å²) >= 11 is 0. The molecule has 0 bridgehead atoms. The lowest BCUT2D eigenvalue weighted by Crippen LogP contribution is -2.11. The van der Waals surface area contributed by atoms with Crippen LogP contribution in [0.1, 0.15) is 28.5 Å². The summed E-state index contributed by atoms with van der Waals surface area (Å²) in [5.74, 6) is -0.708. The minimum atomic E-state index is -0.449. The quantitative estimate of drug-likeness (QED) is 0.859. The Bertz CT molecular complexity index is 627. The van der Waals surface area contributed by atoms with E-state index in [-0.39, 0.29) is 11.5 Å². The van der Waals surface area contributed by atoms with E-state index in [1.54, 1.807) is 32.3 Å². The van der Waals surface area contributed by atoms with E-state index in [1.165, 1.54) is 12.1 Å². The van der Waals surface area contributed by atoms with Gasteiger partial charge >= 0.3 is 5.97 Å². The maximum Gasteiger partial charge on any atom is 0.359 e. The van der Waals surface area contributed by atoms with E-state index in [0.717, 1.165) is 11.1 Å². The summed E-state index contributed by atoms with van der Waals surface area (Å²) in [6.45, 7) is 2.06. The van der Waals surface area contributed by atoms with E-state index >= 15 is 0 Å². The molecular weight excluding hydrogens is 271 g/mol. The molecule has 1 aromatic heterocycles. The van der Waals surface area contributed by atoms with E-state index in [4.69, 9.17) is 4.74 Å². The molecule has 0 saturated carbocycles. The molecule has 1 heterocycles. The number of aromatic nitrogens is 1. The standard InChI is InChI=1S/C16H17FN2O2/c1-3-21-16(20)15-14(18-2)9-12(10-19-15)8-11-4-6-13(17)7-5-11/h4-7,9-10,18H,3,8H2,1-2H3. The number of nitrogens with zero attached hydrogens (tertiary/aromatic N) is 1. The Labute approximate surface area is 123 Å². The predicted molar refractivity (Wildman–Crippen MR) is 78.9 cm³/mol. The summed E-state index contributed by atoms with van der Waals surface area (Å²) < 4.78 is 17.8. The highest BCUT2D eigenvalue weighted by Crippen LogP contribution is 2.18. The Morgan fingerprint density at radius 1 is 1.29 bits per heavy atom. The van der Waals surface area contributed by atoms with Crippen molar-refractivity contribution in [3.05, 3.63) is 59.2 Å². The Balaban J connectivity index is 2.22. The molecule has 5 heteroatoms. The van der Waals surface area contributed by atoms with Crippen LogP contribution in [0, 0.1) is 5.82 Å². The van der Waals surface area contributed by atoms with Crippen molar-refractivity contribution in [2.24, 2.45) is 0 Å². The van der Waals surface area contributed by atoms with Gasteiger partial charge in [-0.3, -0.25) is 0 Å². The highest BCUT2D eigenvalue weighted by Gasteiger charge is 2.14. The fourth-order valence-electron chi connectivity index (χ4n) is 2.00. The molecule has 0 fully saturated rings. The van der Waals surface area contributed by atoms with E-state index in [1.807, 2.05) is 6.07 Å². The number of rotatable bonds is 5. The smallest absolute Gasteiger partial charge is 0.359 e. The van der Waals surface area contributed by atoms with Gasteiger partial charge < -0.3 is 10.1 Å². The SMILES string of the molecule is CCOC(=O)c1ncc(Cc2ccc(F)cc2)cc1NC. The third-order valence-electron chi connectivity index (χ3n) is 3.00. The average Bonchev–Trinajstić information content (AvgIpc) is 2.49. The minimum Gasteiger partial charge on any atom is -0.461 e. The van der Waals surface area contributed by atoms with Gasteiger partial charge in [-0.15, -0.1) is 0 Å². The van der Waals surface area contributed by atoms with Crippen LogP contribution >= 0.6 is 0 Å². The second-order valence-electron chi connectivity index (χ2n) is 4.51. The Morgan fingerprint density at radius 3 is 2.62 bits per heavy atom. The van der Waals surface area contributed by atoms with Crippen LogP contribution in [0.2, 0.25) is 0 Å². The number of carbonyl (C=O) groups excluding carboxylic acids is 1. The Morgan fingerprint density at radius 2 is 2.00 bits per heavy atom. The lowest BCUT2D eigenvalue weighted by Gasteiger charge is -2.10. The number of esters is 1. The van der Waals surface area contributed by atoms with Crippen LogP contribution < -0.4 is 5.32 Å². The van der Waals surface area contributed by atoms with E-state index in [2.05, 4.69) is 10.3 Å². The Hall–Kier alpha value is -2.43. The summed E-state index contributed by atoms with van der Waals surface area (Å²) in [6.07, 6.45) is 2.25. The molecule has 0 amide bonds. The normalized spacial score (nSPS) is 10.2. The molecule has 0 radical (unpaired) electrons. The van der Waals surface area contributed by atoms with Crippen LogP contribution in [0.4, 0.5) is 10.1 Å². The molecular formula is C16H17FN2O2. The number of anilines is 1. The number of ether oxygens (including phenoxy) is 1. The van der Waals surface area contributed by atoms with Gasteiger partial charge in [0.1, 0.15) is 5.82 Å². The molecule has 0 saturated heterocycles. The van der Waals surface area contributed by atoms with E-state index < -0.39 is 5.97 Å². The zero-order valence-corrected chi connectivity index (χ0v) is 12.0. The summed E-state index contributed by atoms with van der Waals surface area (Å²) in [5, 5.41) is 2.95. The van der Waals surface area contributed by atoms with E-state index in [0.29, 0.717) is 18.7 Å². The van der Waals surface area contributed by atoms with Gasteiger partial charge in [0.25, 0.3) is 0 Å². The molecule has 0 spiro atoms. The summed E-state index contributed by atoms with van der Waals surface area (Å²) in [7, 11) is 1.72. The summed E-state index contributed by atoms with van der Waals surface area (Å²) in [4.78, 5) is 15.9. The first-order valence-corrected chi connectivity index (χ1v) is 6.72. The van der Waals surface area contributed by atoms with Crippen LogP contribution in [-0.4, -0.2) is 24.6 Å². The van der Waals surface area contributed by atoms with Crippen LogP contribution in [0.25, 0.3) is 0 Å². The molecule has 21 heavy (non-hydrogen) atoms. The van der Waals surface area contributed by atoms with Crippen molar-refractivity contribution in [2.75, 3.05) is 19.0 Å². The van der Waals surface area contributed by atoms with Gasteiger partial charge in [-0.2, -0.15) is 0 Å². The molecule has 0 aliphatic rings. The number of nitrogens with one attached hydrogen (secondary N) is 1. The van der Waals surface area contributed by atoms with Gasteiger partial charge in [-0.25, -0.2) is 14.2 Å². The van der Waals surface area contributed by atoms with Gasteiger partial charge in [-0.05, 0) is 42.7 Å². The third kappa shape index (κ3) is 3.78. The fourth-order valence-corrected chi connectivity index (χ4v) is 2.00. The second kappa shape index (κ2) is 6.83. The van der Waals surface area contributed by atoms with E-state index in [9.17, 15) is 9.18 Å². The first-order chi connectivity index (χ1) is 10.1. The van der Waals surface area contributed by atoms with Crippen molar-refractivity contribution >= 4 is 11.7 Å². The molecule has 110 valence electrons. The molecule has 0 aliphatic heterocycles. The number of hydrogen-bond donors (Lipinski definition) is 1. The second-order valence-corrected chi connectivity index (χ2v) is 4.51. The number of pyridine rings is 1. The molecule has 4 nitrogen and oxygen atoms in total. The number of carbonyl (C=O) groups is 1. The van der Waals surface area contributed by atoms with Crippen molar-refractivity contribution in [3.63, 3.8) is 0 Å². The number of hydrogen-bond acceptors (Lipinski definition) is 4. The number of benzene rings is 1. The highest BCUT2D eigenvalue weighted by molar-refractivity contribution is 5.93. The maximum atomic E-state index is 12.9. The van der Waals surface area contributed by atoms with Crippen molar-refractivity contribution in [1.82, 2.24) is 4.98 Å². The zero-order valence-electron chi connectivity index (χ0n) is 12.0. The highest BCUT2D eigenvalue weighted by atomic mass is 19.1. The van der Waals surface area contributed by atoms with Gasteiger partial charge in [-0.1, -0.05) is 12.1 Å². The first-order valence-electron chi connectivity index (χ1n) is 6.72. The molecule has 2 aromatic rings. The monoisotopic (exact) mass is 288 g/mol. The van der Waals surface area contributed by atoms with Gasteiger partial charge in [0.15, 0.2) is 5.69 Å². The van der Waals surface area contributed by atoms with Crippen LogP contribution in [-0.2, 0) is 11.2 Å². The molecule has 0 unspecified atom stereocenters. The van der Waals surface area contributed by atoms with Crippen molar-refractivity contribution in [2.45, 2.75) is 13.3 Å². The van der Waals surface area contributed by atoms with Crippen LogP contribution in [0.3, 0.4) is 0 Å². The molecule has 2 rings (SSSR count). The van der Waals surface area contributed by atoms with Crippen molar-refractivity contribution in [3.8, 4) is 0 Å². The van der Waals surface area contributed by atoms with Gasteiger partial charge in [0, 0.05) is 13.2 Å². The fraction of sp³-hybridized carbons (Fsp3) is 0.250. The lowest BCUT2D eigenvalue weighted by molar-refractivity contribution is 0.0520. The summed E-state index contributed by atoms with van der Waals surface area (Å²) in [5.41, 5.74) is 2.79. The van der Waals surface area contributed by atoms with Crippen LogP contribution in [0.5, 0.6) is 0 Å². The zero-order chi connectivity index (χ0) is 15.2. The molecule has 0 atom stereocenters. The lowest BCUT2D eigenvalue weighted by atomic mass is 10.1. The number of halogens is 1. The predicted octanol–water partition coefficient (Wildman–Crippen LogP) is 3.03. The Kier molecular flexibility index (Phi) is 4.87. The van der Waals surface area contributed by atoms with Crippen molar-refractivity contribution < 1.29 is 13.9 Å². The molecule has 0 aliphatic carbocycles. The van der Waals surface area contributed by atoms with Crippen LogP contribution in [0.15, 0.2) is 36.5 Å². The average molecular weight is 288 g/mol. The van der Waals surface area contributed by atoms with Crippen molar-refractivity contribution in [1.29, 1.82) is 0 Å². The third-order valence-corrected chi connectivity index (χ3v) is 3.00. The van der Waals surface area contributed by atoms with Gasteiger partial charge in [0.2, 0.25) is 0 Å². The topological polar surface area (TPSA) is 51.2 Å². The molecule has 1 N–H and O–H groups in total. The first kappa shape index (κ1) is 15.0. The maximum absolute atomic E-state index is 12.9. The minimum absolute atomic E-state index is 0.259.